The quantitative estimate of drug-likeness (QED) is 0.608. The molecule has 1 saturated heterocycles. The van der Waals surface area contributed by atoms with Crippen LogP contribution in [-0.2, 0) is 0 Å². The van der Waals surface area contributed by atoms with Crippen LogP contribution in [-0.4, -0.2) is 45.8 Å². The zero-order valence-corrected chi connectivity index (χ0v) is 10.7. The van der Waals surface area contributed by atoms with Gasteiger partial charge in [-0.2, -0.15) is 0 Å². The molecule has 1 unspecified atom stereocenters. The van der Waals surface area contributed by atoms with E-state index >= 15 is 0 Å². The second kappa shape index (κ2) is 5.83. The number of hydrogen-bond donors (Lipinski definition) is 2. The highest BCUT2D eigenvalue weighted by Gasteiger charge is 2.29. The fourth-order valence-corrected chi connectivity index (χ4v) is 2.38. The fourth-order valence-electron chi connectivity index (χ4n) is 2.38. The predicted octanol–water partition coefficient (Wildman–Crippen LogP) is 0.897. The van der Waals surface area contributed by atoms with Crippen LogP contribution in [0.4, 0.5) is 11.5 Å². The molecule has 0 amide bonds. The second-order valence-electron chi connectivity index (χ2n) is 4.74. The van der Waals surface area contributed by atoms with E-state index in [1.54, 1.807) is 4.90 Å². The molecule has 2 N–H and O–H groups in total. The van der Waals surface area contributed by atoms with Crippen molar-refractivity contribution in [3.8, 4) is 0 Å². The Morgan fingerprint density at radius 2 is 2.35 bits per heavy atom. The van der Waals surface area contributed by atoms with Gasteiger partial charge >= 0.3 is 11.7 Å². The summed E-state index contributed by atoms with van der Waals surface area (Å²) in [6, 6.07) is 1.03. The van der Waals surface area contributed by atoms with Crippen LogP contribution >= 0.6 is 0 Å². The molecule has 108 valence electrons. The van der Waals surface area contributed by atoms with Crippen LogP contribution < -0.4 is 4.90 Å². The number of carboxylic acids is 1. The Morgan fingerprint density at radius 3 is 2.95 bits per heavy atom. The van der Waals surface area contributed by atoms with Crippen molar-refractivity contribution in [1.82, 2.24) is 4.98 Å². The summed E-state index contributed by atoms with van der Waals surface area (Å²) in [4.78, 5) is 27.0. The number of aromatic carboxylic acids is 1. The van der Waals surface area contributed by atoms with E-state index in [0.717, 1.165) is 18.7 Å². The zero-order valence-electron chi connectivity index (χ0n) is 10.7. The Bertz CT molecular complexity index is 534. The minimum atomic E-state index is -1.24. The first kappa shape index (κ1) is 14.2. The first-order valence-corrected chi connectivity index (χ1v) is 6.26. The van der Waals surface area contributed by atoms with E-state index in [-0.39, 0.29) is 29.6 Å². The fraction of sp³-hybridized carbons (Fsp3) is 0.500. The van der Waals surface area contributed by atoms with E-state index in [9.17, 15) is 14.9 Å². The highest BCUT2D eigenvalue weighted by atomic mass is 16.6. The lowest BCUT2D eigenvalue weighted by Crippen LogP contribution is -2.22. The number of hydrogen-bond acceptors (Lipinski definition) is 6. The Balaban J connectivity index is 2.28. The molecule has 0 aromatic carbocycles. The number of rotatable bonds is 5. The van der Waals surface area contributed by atoms with Crippen molar-refractivity contribution < 1.29 is 19.9 Å². The lowest BCUT2D eigenvalue weighted by atomic mass is 10.1. The van der Waals surface area contributed by atoms with Gasteiger partial charge in [-0.25, -0.2) is 9.78 Å². The van der Waals surface area contributed by atoms with Gasteiger partial charge in [0.25, 0.3) is 0 Å². The van der Waals surface area contributed by atoms with Gasteiger partial charge in [-0.3, -0.25) is 10.1 Å². The van der Waals surface area contributed by atoms with Crippen LogP contribution in [0.2, 0.25) is 0 Å². The Kier molecular flexibility index (Phi) is 4.14. The van der Waals surface area contributed by atoms with Crippen LogP contribution in [0.1, 0.15) is 23.2 Å². The smallest absolute Gasteiger partial charge is 0.337 e. The third-order valence-electron chi connectivity index (χ3n) is 3.41. The molecule has 2 heterocycles. The number of aliphatic hydroxyl groups excluding tert-OH is 1. The average molecular weight is 281 g/mol. The zero-order chi connectivity index (χ0) is 14.7. The minimum Gasteiger partial charge on any atom is -0.478 e. The van der Waals surface area contributed by atoms with E-state index in [1.165, 1.54) is 0 Å². The lowest BCUT2D eigenvalue weighted by Gasteiger charge is -2.17. The van der Waals surface area contributed by atoms with Crippen molar-refractivity contribution in [2.75, 3.05) is 24.6 Å². The molecule has 0 spiro atoms. The summed E-state index contributed by atoms with van der Waals surface area (Å²) in [6.07, 6.45) is 2.61. The molecule has 2 rings (SSSR count). The molecular weight excluding hydrogens is 266 g/mol. The molecular formula is C12H15N3O5. The SMILES string of the molecule is O=C(O)c1cnc(N2CCC(CCO)C2)c([N+](=O)[O-])c1. The first-order chi connectivity index (χ1) is 9.52. The third-order valence-corrected chi connectivity index (χ3v) is 3.41. The van der Waals surface area contributed by atoms with Gasteiger partial charge in [0.2, 0.25) is 5.82 Å². The Labute approximate surface area is 114 Å². The van der Waals surface area contributed by atoms with Gasteiger partial charge in [-0.15, -0.1) is 0 Å². The molecule has 8 heteroatoms. The first-order valence-electron chi connectivity index (χ1n) is 6.26. The number of aromatic nitrogens is 1. The molecule has 0 radical (unpaired) electrons. The van der Waals surface area contributed by atoms with E-state index < -0.39 is 10.9 Å². The number of anilines is 1. The van der Waals surface area contributed by atoms with Gasteiger partial charge < -0.3 is 15.1 Å². The number of aliphatic hydroxyl groups is 1. The predicted molar refractivity (Wildman–Crippen MR) is 69.9 cm³/mol. The van der Waals surface area contributed by atoms with Crippen molar-refractivity contribution in [3.05, 3.63) is 27.9 Å². The summed E-state index contributed by atoms with van der Waals surface area (Å²) in [5.74, 6) is -0.771. The van der Waals surface area contributed by atoms with Crippen LogP contribution in [0.3, 0.4) is 0 Å². The van der Waals surface area contributed by atoms with Crippen LogP contribution in [0.15, 0.2) is 12.3 Å². The van der Waals surface area contributed by atoms with E-state index in [1.807, 2.05) is 0 Å². The van der Waals surface area contributed by atoms with Gasteiger partial charge in [-0.1, -0.05) is 0 Å². The maximum atomic E-state index is 11.1. The standard InChI is InChI=1S/C12H15N3O5/c16-4-2-8-1-3-14(7-8)11-10(15(19)20)5-9(6-13-11)12(17)18/h5-6,8,16H,1-4,7H2,(H,17,18). The highest BCUT2D eigenvalue weighted by molar-refractivity contribution is 5.88. The topological polar surface area (TPSA) is 117 Å². The number of pyridine rings is 1. The molecule has 0 saturated carbocycles. The Hall–Kier alpha value is -2.22. The van der Waals surface area contributed by atoms with Gasteiger partial charge in [0, 0.05) is 32.0 Å². The molecule has 1 fully saturated rings. The summed E-state index contributed by atoms with van der Waals surface area (Å²) in [5, 5.41) is 28.8. The summed E-state index contributed by atoms with van der Waals surface area (Å²) >= 11 is 0. The van der Waals surface area contributed by atoms with Gasteiger partial charge in [0.05, 0.1) is 10.5 Å². The molecule has 0 bridgehead atoms. The summed E-state index contributed by atoms with van der Waals surface area (Å²) in [5.41, 5.74) is -0.499. The monoisotopic (exact) mass is 281 g/mol. The van der Waals surface area contributed by atoms with Crippen LogP contribution in [0.5, 0.6) is 0 Å². The normalized spacial score (nSPS) is 18.2. The number of nitro groups is 1. The van der Waals surface area contributed by atoms with E-state index in [2.05, 4.69) is 4.98 Å². The summed E-state index contributed by atoms with van der Waals surface area (Å²) in [7, 11) is 0. The van der Waals surface area contributed by atoms with E-state index in [4.69, 9.17) is 10.2 Å². The summed E-state index contributed by atoms with van der Waals surface area (Å²) in [6.45, 7) is 1.29. The summed E-state index contributed by atoms with van der Waals surface area (Å²) < 4.78 is 0. The second-order valence-corrected chi connectivity index (χ2v) is 4.74. The van der Waals surface area contributed by atoms with Gasteiger partial charge in [0.15, 0.2) is 0 Å². The number of carboxylic acid groups (broad SMARTS) is 1. The molecule has 20 heavy (non-hydrogen) atoms. The maximum Gasteiger partial charge on any atom is 0.337 e. The molecule has 1 aliphatic rings. The largest absolute Gasteiger partial charge is 0.478 e. The van der Waals surface area contributed by atoms with Crippen LogP contribution in [0, 0.1) is 16.0 Å². The minimum absolute atomic E-state index is 0.0893. The molecule has 1 atom stereocenters. The van der Waals surface area contributed by atoms with Gasteiger partial charge in [-0.05, 0) is 18.8 Å². The molecule has 0 aliphatic carbocycles. The maximum absolute atomic E-state index is 11.1. The number of carbonyl (C=O) groups is 1. The molecule has 8 nitrogen and oxygen atoms in total. The highest BCUT2D eigenvalue weighted by Crippen LogP contribution is 2.31. The average Bonchev–Trinajstić information content (AvgIpc) is 2.86. The van der Waals surface area contributed by atoms with Crippen molar-refractivity contribution in [1.29, 1.82) is 0 Å². The molecule has 1 aromatic heterocycles. The third kappa shape index (κ3) is 2.85. The van der Waals surface area contributed by atoms with E-state index in [0.29, 0.717) is 19.5 Å². The van der Waals surface area contributed by atoms with Crippen molar-refractivity contribution in [3.63, 3.8) is 0 Å². The lowest BCUT2D eigenvalue weighted by molar-refractivity contribution is -0.384. The molecule has 1 aromatic rings. The Morgan fingerprint density at radius 1 is 1.60 bits per heavy atom. The van der Waals surface area contributed by atoms with Crippen molar-refractivity contribution in [2.45, 2.75) is 12.8 Å². The number of nitrogens with zero attached hydrogens (tertiary/aromatic N) is 3. The molecule has 1 aliphatic heterocycles. The van der Waals surface area contributed by atoms with Gasteiger partial charge in [0.1, 0.15) is 0 Å². The van der Waals surface area contributed by atoms with Crippen molar-refractivity contribution >= 4 is 17.5 Å². The van der Waals surface area contributed by atoms with Crippen molar-refractivity contribution in [2.24, 2.45) is 5.92 Å². The van der Waals surface area contributed by atoms with Crippen LogP contribution in [0.25, 0.3) is 0 Å².